The van der Waals surface area contributed by atoms with Crippen LogP contribution in [0.1, 0.15) is 5.56 Å². The van der Waals surface area contributed by atoms with Crippen molar-refractivity contribution in [2.24, 2.45) is 0 Å². The second-order valence-corrected chi connectivity index (χ2v) is 4.48. The van der Waals surface area contributed by atoms with E-state index in [1.807, 2.05) is 18.4 Å². The van der Waals surface area contributed by atoms with Crippen LogP contribution in [0.3, 0.4) is 0 Å². The van der Waals surface area contributed by atoms with Crippen LogP contribution < -0.4 is 0 Å². The van der Waals surface area contributed by atoms with E-state index in [-0.39, 0.29) is 5.82 Å². The number of nitrogens with zero attached hydrogens (tertiary/aromatic N) is 1. The summed E-state index contributed by atoms with van der Waals surface area (Å²) in [6.45, 7) is 0. The van der Waals surface area contributed by atoms with Gasteiger partial charge in [0.2, 0.25) is 0 Å². The van der Waals surface area contributed by atoms with E-state index < -0.39 is 0 Å². The molecule has 0 N–H and O–H groups in total. The minimum absolute atomic E-state index is 0.271. The molecule has 1 nitrogen and oxygen atoms in total. The van der Waals surface area contributed by atoms with Gasteiger partial charge in [-0.05, 0) is 18.4 Å². The summed E-state index contributed by atoms with van der Waals surface area (Å²) in [4.78, 5) is 0.590. The van der Waals surface area contributed by atoms with E-state index in [2.05, 4.69) is 0 Å². The van der Waals surface area contributed by atoms with Crippen LogP contribution in [0, 0.1) is 17.1 Å². The molecule has 1 aromatic heterocycles. The predicted octanol–water partition coefficient (Wildman–Crippen LogP) is 3.63. The summed E-state index contributed by atoms with van der Waals surface area (Å²) in [6, 6.07) is 5.61. The SMILES string of the molecule is CSc1ccc2scc(C#N)c2c1F. The second kappa shape index (κ2) is 3.60. The molecule has 70 valence electrons. The number of hydrogen-bond acceptors (Lipinski definition) is 3. The van der Waals surface area contributed by atoms with Crippen LogP contribution in [0.15, 0.2) is 22.4 Å². The average molecular weight is 223 g/mol. The third kappa shape index (κ3) is 1.29. The van der Waals surface area contributed by atoms with E-state index in [0.29, 0.717) is 15.8 Å². The Labute approximate surface area is 89.2 Å². The lowest BCUT2D eigenvalue weighted by molar-refractivity contribution is 0.615. The fourth-order valence-corrected chi connectivity index (χ4v) is 2.67. The van der Waals surface area contributed by atoms with Gasteiger partial charge in [-0.2, -0.15) is 5.26 Å². The van der Waals surface area contributed by atoms with E-state index in [9.17, 15) is 4.39 Å². The van der Waals surface area contributed by atoms with Gasteiger partial charge in [0.15, 0.2) is 0 Å². The van der Waals surface area contributed by atoms with Crippen LogP contribution in [0.4, 0.5) is 4.39 Å². The van der Waals surface area contributed by atoms with Gasteiger partial charge >= 0.3 is 0 Å². The van der Waals surface area contributed by atoms with Crippen LogP contribution >= 0.6 is 23.1 Å². The quantitative estimate of drug-likeness (QED) is 0.689. The first-order valence-corrected chi connectivity index (χ1v) is 6.02. The summed E-state index contributed by atoms with van der Waals surface area (Å²) in [5.41, 5.74) is 0.429. The van der Waals surface area contributed by atoms with Crippen molar-refractivity contribution >= 4 is 33.2 Å². The lowest BCUT2D eigenvalue weighted by Crippen LogP contribution is -1.82. The molecule has 0 atom stereocenters. The number of benzene rings is 1. The summed E-state index contributed by atoms with van der Waals surface area (Å²) in [6.07, 6.45) is 1.82. The number of rotatable bonds is 1. The van der Waals surface area contributed by atoms with Gasteiger partial charge in [-0.1, -0.05) is 0 Å². The van der Waals surface area contributed by atoms with Crippen LogP contribution in [0.2, 0.25) is 0 Å². The molecule has 0 radical (unpaired) electrons. The minimum atomic E-state index is -0.271. The summed E-state index contributed by atoms with van der Waals surface area (Å²) < 4.78 is 14.6. The van der Waals surface area contributed by atoms with Gasteiger partial charge in [0.25, 0.3) is 0 Å². The number of halogens is 1. The Kier molecular flexibility index (Phi) is 2.44. The van der Waals surface area contributed by atoms with Crippen LogP contribution in [-0.4, -0.2) is 6.26 Å². The molecule has 0 aliphatic rings. The normalized spacial score (nSPS) is 10.4. The van der Waals surface area contributed by atoms with Crippen LogP contribution in [-0.2, 0) is 0 Å². The highest BCUT2D eigenvalue weighted by molar-refractivity contribution is 7.98. The van der Waals surface area contributed by atoms with Gasteiger partial charge in [-0.25, -0.2) is 4.39 Å². The van der Waals surface area contributed by atoms with E-state index in [1.54, 1.807) is 11.4 Å². The van der Waals surface area contributed by atoms with Gasteiger partial charge in [0.1, 0.15) is 11.9 Å². The number of thioether (sulfide) groups is 1. The van der Waals surface area contributed by atoms with Crippen LogP contribution in [0.5, 0.6) is 0 Å². The van der Waals surface area contributed by atoms with Gasteiger partial charge in [-0.15, -0.1) is 23.1 Å². The standard InChI is InChI=1S/C10H6FNS2/c1-13-8-3-2-7-9(10(8)11)6(4-12)5-14-7/h2-3,5H,1H3. The highest BCUT2D eigenvalue weighted by Gasteiger charge is 2.12. The maximum atomic E-state index is 13.8. The molecule has 0 saturated heterocycles. The first-order chi connectivity index (χ1) is 6.77. The van der Waals surface area contributed by atoms with Gasteiger partial charge in [0, 0.05) is 20.4 Å². The molecule has 1 aromatic carbocycles. The zero-order valence-electron chi connectivity index (χ0n) is 7.37. The molecule has 14 heavy (non-hydrogen) atoms. The average Bonchev–Trinajstić information content (AvgIpc) is 2.62. The smallest absolute Gasteiger partial charge is 0.146 e. The molecule has 2 rings (SSSR count). The largest absolute Gasteiger partial charge is 0.205 e. The number of fused-ring (bicyclic) bond motifs is 1. The number of thiophene rings is 1. The molecule has 0 aliphatic heterocycles. The van der Waals surface area contributed by atoms with Crippen molar-refractivity contribution in [3.8, 4) is 6.07 Å². The van der Waals surface area contributed by atoms with Gasteiger partial charge < -0.3 is 0 Å². The van der Waals surface area contributed by atoms with Crippen molar-refractivity contribution in [1.29, 1.82) is 5.26 Å². The summed E-state index contributed by atoms with van der Waals surface area (Å²) in [5, 5.41) is 11.0. The van der Waals surface area contributed by atoms with Crippen molar-refractivity contribution in [1.82, 2.24) is 0 Å². The molecule has 4 heteroatoms. The fourth-order valence-electron chi connectivity index (χ4n) is 1.31. The molecule has 0 bridgehead atoms. The molecule has 0 fully saturated rings. The van der Waals surface area contributed by atoms with Crippen molar-refractivity contribution in [3.05, 3.63) is 28.9 Å². The monoisotopic (exact) mass is 223 g/mol. The van der Waals surface area contributed by atoms with E-state index in [4.69, 9.17) is 5.26 Å². The molecular formula is C10H6FNS2. The maximum absolute atomic E-state index is 13.8. The molecule has 0 aliphatic carbocycles. The first-order valence-electron chi connectivity index (χ1n) is 3.91. The molecule has 1 heterocycles. The molecule has 0 amide bonds. The minimum Gasteiger partial charge on any atom is -0.205 e. The van der Waals surface area contributed by atoms with Gasteiger partial charge in [-0.3, -0.25) is 0 Å². The molecule has 0 saturated carbocycles. The fraction of sp³-hybridized carbons (Fsp3) is 0.100. The van der Waals surface area contributed by atoms with E-state index >= 15 is 0 Å². The van der Waals surface area contributed by atoms with E-state index in [0.717, 1.165) is 4.70 Å². The van der Waals surface area contributed by atoms with E-state index in [1.165, 1.54) is 23.1 Å². The highest BCUT2D eigenvalue weighted by atomic mass is 32.2. The van der Waals surface area contributed by atoms with Crippen molar-refractivity contribution in [3.63, 3.8) is 0 Å². The Morgan fingerprint density at radius 3 is 2.93 bits per heavy atom. The third-order valence-corrected chi connectivity index (χ3v) is 3.68. The Balaban J connectivity index is 2.85. The highest BCUT2D eigenvalue weighted by Crippen LogP contribution is 2.32. The van der Waals surface area contributed by atoms with Crippen molar-refractivity contribution < 1.29 is 4.39 Å². The molecular weight excluding hydrogens is 217 g/mol. The lowest BCUT2D eigenvalue weighted by atomic mass is 10.2. The summed E-state index contributed by atoms with van der Waals surface area (Å²) in [7, 11) is 0. The Bertz CT molecular complexity index is 525. The second-order valence-electron chi connectivity index (χ2n) is 2.72. The Morgan fingerprint density at radius 1 is 1.50 bits per heavy atom. The topological polar surface area (TPSA) is 23.8 Å². The molecule has 2 aromatic rings. The Morgan fingerprint density at radius 2 is 2.29 bits per heavy atom. The predicted molar refractivity (Wildman–Crippen MR) is 58.3 cm³/mol. The van der Waals surface area contributed by atoms with Gasteiger partial charge in [0.05, 0.1) is 5.56 Å². The third-order valence-electron chi connectivity index (χ3n) is 1.98. The lowest BCUT2D eigenvalue weighted by Gasteiger charge is -1.99. The summed E-state index contributed by atoms with van der Waals surface area (Å²) in [5.74, 6) is -0.271. The van der Waals surface area contributed by atoms with Crippen molar-refractivity contribution in [2.75, 3.05) is 6.26 Å². The first kappa shape index (κ1) is 9.50. The maximum Gasteiger partial charge on any atom is 0.146 e. The summed E-state index contributed by atoms with van der Waals surface area (Å²) >= 11 is 2.75. The molecule has 0 spiro atoms. The van der Waals surface area contributed by atoms with Crippen molar-refractivity contribution in [2.45, 2.75) is 4.90 Å². The number of nitriles is 1. The molecule has 0 unspecified atom stereocenters. The zero-order chi connectivity index (χ0) is 10.1. The number of hydrogen-bond donors (Lipinski definition) is 0. The Hall–Kier alpha value is -1.05. The van der Waals surface area contributed by atoms with Crippen LogP contribution in [0.25, 0.3) is 10.1 Å². The zero-order valence-corrected chi connectivity index (χ0v) is 9.01.